The Hall–Kier alpha value is -1.14. The molecule has 0 saturated carbocycles. The van der Waals surface area contributed by atoms with E-state index in [2.05, 4.69) is 4.98 Å². The molecular formula is C11H12FNO3S. The first-order chi connectivity index (χ1) is 8.18. The van der Waals surface area contributed by atoms with Crippen molar-refractivity contribution in [3.63, 3.8) is 0 Å². The van der Waals surface area contributed by atoms with Gasteiger partial charge < -0.3 is 9.84 Å². The summed E-state index contributed by atoms with van der Waals surface area (Å²) in [6.07, 6.45) is 3.00. The fraction of sp³-hybridized carbons (Fsp3) is 0.455. The van der Waals surface area contributed by atoms with Crippen LogP contribution in [0.3, 0.4) is 0 Å². The Bertz CT molecular complexity index is 421. The van der Waals surface area contributed by atoms with Crippen molar-refractivity contribution in [1.29, 1.82) is 0 Å². The monoisotopic (exact) mass is 257 g/mol. The van der Waals surface area contributed by atoms with Crippen molar-refractivity contribution >= 4 is 17.7 Å². The molecule has 0 aromatic carbocycles. The van der Waals surface area contributed by atoms with Crippen LogP contribution in [-0.4, -0.2) is 34.5 Å². The van der Waals surface area contributed by atoms with Gasteiger partial charge in [-0.05, 0) is 18.9 Å². The number of hydrogen-bond acceptors (Lipinski definition) is 4. The van der Waals surface area contributed by atoms with Gasteiger partial charge in [0.05, 0.1) is 5.56 Å². The molecule has 0 bridgehead atoms. The lowest BCUT2D eigenvalue weighted by Crippen LogP contribution is -2.18. The number of nitrogens with zero attached hydrogens (tertiary/aromatic N) is 1. The SMILES string of the molecule is O=C(O)c1ccnc(SC2CCOCC2)c1F. The number of aromatic carboxylic acids is 1. The van der Waals surface area contributed by atoms with E-state index in [1.807, 2.05) is 0 Å². The van der Waals surface area contributed by atoms with Gasteiger partial charge in [-0.2, -0.15) is 0 Å². The van der Waals surface area contributed by atoms with Gasteiger partial charge in [-0.3, -0.25) is 0 Å². The predicted octanol–water partition coefficient (Wildman–Crippen LogP) is 2.19. The first kappa shape index (κ1) is 12.3. The minimum Gasteiger partial charge on any atom is -0.478 e. The van der Waals surface area contributed by atoms with Gasteiger partial charge in [-0.15, -0.1) is 0 Å². The maximum absolute atomic E-state index is 13.8. The number of carboxylic acid groups (broad SMARTS) is 1. The van der Waals surface area contributed by atoms with E-state index >= 15 is 0 Å². The second-order valence-corrected chi connectivity index (χ2v) is 5.00. The highest BCUT2D eigenvalue weighted by Crippen LogP contribution is 2.30. The molecule has 0 amide bonds. The van der Waals surface area contributed by atoms with Crippen molar-refractivity contribution in [3.05, 3.63) is 23.6 Å². The smallest absolute Gasteiger partial charge is 0.338 e. The Balaban J connectivity index is 2.15. The van der Waals surface area contributed by atoms with Gasteiger partial charge in [0.15, 0.2) is 5.82 Å². The third kappa shape index (κ3) is 2.95. The lowest BCUT2D eigenvalue weighted by Gasteiger charge is -2.21. The predicted molar refractivity (Wildman–Crippen MR) is 60.9 cm³/mol. The Morgan fingerprint density at radius 1 is 1.53 bits per heavy atom. The molecule has 2 heterocycles. The van der Waals surface area contributed by atoms with Crippen molar-refractivity contribution in [2.45, 2.75) is 23.1 Å². The number of aromatic nitrogens is 1. The molecule has 2 rings (SSSR count). The number of pyridine rings is 1. The number of rotatable bonds is 3. The van der Waals surface area contributed by atoms with Gasteiger partial charge in [0.25, 0.3) is 0 Å². The number of ether oxygens (including phenoxy) is 1. The summed E-state index contributed by atoms with van der Waals surface area (Å²) in [5.41, 5.74) is -0.324. The number of thioether (sulfide) groups is 1. The molecule has 4 nitrogen and oxygen atoms in total. The van der Waals surface area contributed by atoms with E-state index in [1.165, 1.54) is 24.0 Å². The largest absolute Gasteiger partial charge is 0.478 e. The van der Waals surface area contributed by atoms with Gasteiger partial charge in [0.2, 0.25) is 0 Å². The second kappa shape index (κ2) is 5.46. The van der Waals surface area contributed by atoms with Crippen molar-refractivity contribution < 1.29 is 19.0 Å². The van der Waals surface area contributed by atoms with E-state index in [9.17, 15) is 9.18 Å². The molecule has 1 aromatic rings. The van der Waals surface area contributed by atoms with Crippen molar-refractivity contribution in [1.82, 2.24) is 4.98 Å². The van der Waals surface area contributed by atoms with Crippen LogP contribution in [0.15, 0.2) is 17.3 Å². The lowest BCUT2D eigenvalue weighted by molar-refractivity contribution is 0.0690. The zero-order chi connectivity index (χ0) is 12.3. The van der Waals surface area contributed by atoms with E-state index in [4.69, 9.17) is 9.84 Å². The summed E-state index contributed by atoms with van der Waals surface area (Å²) >= 11 is 1.29. The molecule has 0 aliphatic carbocycles. The fourth-order valence-electron chi connectivity index (χ4n) is 1.62. The van der Waals surface area contributed by atoms with E-state index in [1.54, 1.807) is 0 Å². The Labute approximate surface area is 102 Å². The number of hydrogen-bond donors (Lipinski definition) is 1. The molecule has 0 atom stereocenters. The first-order valence-electron chi connectivity index (χ1n) is 5.30. The van der Waals surface area contributed by atoms with E-state index in [-0.39, 0.29) is 15.8 Å². The summed E-state index contributed by atoms with van der Waals surface area (Å²) in [7, 11) is 0. The summed E-state index contributed by atoms with van der Waals surface area (Å²) in [6.45, 7) is 1.33. The molecule has 1 fully saturated rings. The highest BCUT2D eigenvalue weighted by Gasteiger charge is 2.20. The summed E-state index contributed by atoms with van der Waals surface area (Å²) in [4.78, 5) is 14.7. The molecule has 92 valence electrons. The molecular weight excluding hydrogens is 245 g/mol. The third-order valence-corrected chi connectivity index (χ3v) is 3.85. The zero-order valence-electron chi connectivity index (χ0n) is 9.06. The molecule has 1 saturated heterocycles. The highest BCUT2D eigenvalue weighted by atomic mass is 32.2. The Morgan fingerprint density at radius 2 is 2.24 bits per heavy atom. The Kier molecular flexibility index (Phi) is 3.96. The first-order valence-corrected chi connectivity index (χ1v) is 6.18. The number of carbonyl (C=O) groups is 1. The van der Waals surface area contributed by atoms with Crippen LogP contribution in [0.2, 0.25) is 0 Å². The van der Waals surface area contributed by atoms with Crippen LogP contribution in [-0.2, 0) is 4.74 Å². The zero-order valence-corrected chi connectivity index (χ0v) is 9.87. The molecule has 0 spiro atoms. The molecule has 1 N–H and O–H groups in total. The van der Waals surface area contributed by atoms with Gasteiger partial charge in [-0.25, -0.2) is 14.2 Å². The number of halogens is 1. The standard InChI is InChI=1S/C11H12FNO3S/c12-9-8(11(14)15)1-4-13-10(9)17-7-2-5-16-6-3-7/h1,4,7H,2-3,5-6H2,(H,14,15). The number of carboxylic acids is 1. The molecule has 1 aliphatic heterocycles. The van der Waals surface area contributed by atoms with Crippen LogP contribution < -0.4 is 0 Å². The van der Waals surface area contributed by atoms with Crippen LogP contribution in [0.5, 0.6) is 0 Å². The molecule has 17 heavy (non-hydrogen) atoms. The highest BCUT2D eigenvalue weighted by molar-refractivity contribution is 7.99. The van der Waals surface area contributed by atoms with E-state index < -0.39 is 11.8 Å². The van der Waals surface area contributed by atoms with Gasteiger partial charge in [0.1, 0.15) is 5.03 Å². The fourth-order valence-corrected chi connectivity index (χ4v) is 2.70. The third-order valence-electron chi connectivity index (χ3n) is 2.53. The summed E-state index contributed by atoms with van der Waals surface area (Å²) in [6, 6.07) is 1.17. The van der Waals surface area contributed by atoms with Crippen LogP contribution in [0.1, 0.15) is 23.2 Å². The Morgan fingerprint density at radius 3 is 2.88 bits per heavy atom. The van der Waals surface area contributed by atoms with Crippen LogP contribution in [0.25, 0.3) is 0 Å². The van der Waals surface area contributed by atoms with Crippen LogP contribution in [0, 0.1) is 5.82 Å². The lowest BCUT2D eigenvalue weighted by atomic mass is 10.2. The molecule has 1 aliphatic rings. The van der Waals surface area contributed by atoms with Crippen molar-refractivity contribution in [2.24, 2.45) is 0 Å². The average Bonchev–Trinajstić information content (AvgIpc) is 2.33. The summed E-state index contributed by atoms with van der Waals surface area (Å²) in [5.74, 6) is -2.00. The van der Waals surface area contributed by atoms with Gasteiger partial charge in [0, 0.05) is 24.7 Å². The topological polar surface area (TPSA) is 59.4 Å². The molecule has 1 aromatic heterocycles. The molecule has 0 unspecified atom stereocenters. The van der Waals surface area contributed by atoms with Crippen LogP contribution in [0.4, 0.5) is 4.39 Å². The normalized spacial score (nSPS) is 17.0. The van der Waals surface area contributed by atoms with Gasteiger partial charge >= 0.3 is 5.97 Å². The van der Waals surface area contributed by atoms with E-state index in [0.717, 1.165) is 12.8 Å². The van der Waals surface area contributed by atoms with Crippen molar-refractivity contribution in [2.75, 3.05) is 13.2 Å². The van der Waals surface area contributed by atoms with Crippen molar-refractivity contribution in [3.8, 4) is 0 Å². The minimum absolute atomic E-state index is 0.164. The molecule has 0 radical (unpaired) electrons. The average molecular weight is 257 g/mol. The van der Waals surface area contributed by atoms with Crippen LogP contribution >= 0.6 is 11.8 Å². The summed E-state index contributed by atoms with van der Waals surface area (Å²) < 4.78 is 19.0. The maximum Gasteiger partial charge on any atom is 0.338 e. The molecule has 6 heteroatoms. The maximum atomic E-state index is 13.8. The van der Waals surface area contributed by atoms with Gasteiger partial charge in [-0.1, -0.05) is 11.8 Å². The summed E-state index contributed by atoms with van der Waals surface area (Å²) in [5, 5.41) is 9.21. The van der Waals surface area contributed by atoms with E-state index in [0.29, 0.717) is 13.2 Å². The quantitative estimate of drug-likeness (QED) is 0.899. The second-order valence-electron chi connectivity index (χ2n) is 3.71. The minimum atomic E-state index is -1.27.